The minimum atomic E-state index is 0.205. The Morgan fingerprint density at radius 2 is 1.97 bits per heavy atom. The van der Waals surface area contributed by atoms with Crippen molar-refractivity contribution in [1.82, 2.24) is 34.3 Å². The van der Waals surface area contributed by atoms with Crippen molar-refractivity contribution in [3.05, 3.63) is 49.1 Å². The standard InChI is InChI=1S/C24H26N10O/c1-15-13-33(8-9-35-15)16-4-5-22-29-24(31-34(22)14-16)19-12-27-23(25-2)18-11-26-21(10-17(18)19)28-20-6-7-32(3)30-20/h4-7,10-12,14-15H,8-9,13H2,1-3H3,(H,25,27)(H,26,28,30)/t15-/m0/s1. The number of morpholine rings is 1. The Kier molecular flexibility index (Phi) is 5.18. The third kappa shape index (κ3) is 3.99. The summed E-state index contributed by atoms with van der Waals surface area (Å²) in [6, 6.07) is 7.97. The van der Waals surface area contributed by atoms with Crippen LogP contribution in [0.5, 0.6) is 0 Å². The molecule has 6 rings (SSSR count). The molecule has 35 heavy (non-hydrogen) atoms. The minimum Gasteiger partial charge on any atom is -0.375 e. The zero-order valence-corrected chi connectivity index (χ0v) is 19.8. The van der Waals surface area contributed by atoms with E-state index in [2.05, 4.69) is 43.6 Å². The Bertz CT molecular complexity index is 1520. The maximum absolute atomic E-state index is 5.68. The summed E-state index contributed by atoms with van der Waals surface area (Å²) in [6.45, 7) is 4.53. The number of aryl methyl sites for hydroxylation is 1. The maximum Gasteiger partial charge on any atom is 0.184 e. The molecule has 0 spiro atoms. The first-order chi connectivity index (χ1) is 17.1. The lowest BCUT2D eigenvalue weighted by Gasteiger charge is -2.32. The summed E-state index contributed by atoms with van der Waals surface area (Å²) in [6.07, 6.45) is 7.71. The molecular weight excluding hydrogens is 444 g/mol. The van der Waals surface area contributed by atoms with E-state index in [1.165, 1.54) is 0 Å². The van der Waals surface area contributed by atoms with Gasteiger partial charge in [0.05, 0.1) is 24.6 Å². The third-order valence-electron chi connectivity index (χ3n) is 6.14. The van der Waals surface area contributed by atoms with Gasteiger partial charge in [0.1, 0.15) is 11.6 Å². The van der Waals surface area contributed by atoms with Crippen molar-refractivity contribution in [2.75, 3.05) is 42.3 Å². The third-order valence-corrected chi connectivity index (χ3v) is 6.14. The van der Waals surface area contributed by atoms with E-state index in [9.17, 15) is 0 Å². The molecule has 178 valence electrons. The van der Waals surface area contributed by atoms with Crippen molar-refractivity contribution < 1.29 is 4.74 Å². The molecule has 1 aliphatic rings. The van der Waals surface area contributed by atoms with Crippen LogP contribution in [0.4, 0.5) is 23.1 Å². The van der Waals surface area contributed by atoms with Gasteiger partial charge in [-0.25, -0.2) is 19.5 Å². The number of nitrogens with one attached hydrogen (secondary N) is 2. The van der Waals surface area contributed by atoms with E-state index in [0.717, 1.165) is 59.0 Å². The molecule has 0 radical (unpaired) electrons. The summed E-state index contributed by atoms with van der Waals surface area (Å²) >= 11 is 0. The van der Waals surface area contributed by atoms with E-state index in [1.54, 1.807) is 17.1 Å². The Labute approximate surface area is 201 Å². The van der Waals surface area contributed by atoms with Crippen LogP contribution in [-0.2, 0) is 11.8 Å². The van der Waals surface area contributed by atoms with Gasteiger partial charge in [0, 0.05) is 68.2 Å². The molecule has 2 N–H and O–H groups in total. The molecule has 11 heteroatoms. The Morgan fingerprint density at radius 1 is 1.06 bits per heavy atom. The van der Waals surface area contributed by atoms with Gasteiger partial charge in [0.2, 0.25) is 0 Å². The van der Waals surface area contributed by atoms with Gasteiger partial charge in [-0.3, -0.25) is 4.68 Å². The lowest BCUT2D eigenvalue weighted by molar-refractivity contribution is 0.0532. The van der Waals surface area contributed by atoms with Crippen LogP contribution >= 0.6 is 0 Å². The predicted octanol–water partition coefficient (Wildman–Crippen LogP) is 3.08. The highest BCUT2D eigenvalue weighted by atomic mass is 16.5. The quantitative estimate of drug-likeness (QED) is 0.400. The molecule has 5 aromatic rings. The van der Waals surface area contributed by atoms with Crippen molar-refractivity contribution in [3.63, 3.8) is 0 Å². The number of aromatic nitrogens is 7. The molecule has 1 saturated heterocycles. The summed E-state index contributed by atoms with van der Waals surface area (Å²) < 4.78 is 9.25. The average Bonchev–Trinajstić information content (AvgIpc) is 3.48. The zero-order chi connectivity index (χ0) is 23.9. The average molecular weight is 471 g/mol. The highest BCUT2D eigenvalue weighted by Gasteiger charge is 2.19. The molecule has 0 aromatic carbocycles. The predicted molar refractivity (Wildman–Crippen MR) is 135 cm³/mol. The van der Waals surface area contributed by atoms with Crippen LogP contribution in [0.15, 0.2) is 49.1 Å². The van der Waals surface area contributed by atoms with E-state index in [-0.39, 0.29) is 6.10 Å². The molecular formula is C24H26N10O. The smallest absolute Gasteiger partial charge is 0.184 e. The second-order valence-corrected chi connectivity index (χ2v) is 8.64. The molecule has 0 unspecified atom stereocenters. The van der Waals surface area contributed by atoms with E-state index in [0.29, 0.717) is 11.6 Å². The fraction of sp³-hybridized carbons (Fsp3) is 0.292. The monoisotopic (exact) mass is 470 g/mol. The summed E-state index contributed by atoms with van der Waals surface area (Å²) in [7, 11) is 3.72. The molecule has 1 fully saturated rings. The second-order valence-electron chi connectivity index (χ2n) is 8.64. The minimum absolute atomic E-state index is 0.205. The first-order valence-corrected chi connectivity index (χ1v) is 11.5. The van der Waals surface area contributed by atoms with Crippen molar-refractivity contribution >= 4 is 39.6 Å². The van der Waals surface area contributed by atoms with Gasteiger partial charge >= 0.3 is 0 Å². The van der Waals surface area contributed by atoms with Crippen LogP contribution < -0.4 is 15.5 Å². The van der Waals surface area contributed by atoms with E-state index in [1.807, 2.05) is 49.2 Å². The Morgan fingerprint density at radius 3 is 2.77 bits per heavy atom. The van der Waals surface area contributed by atoms with Crippen molar-refractivity contribution in [2.24, 2.45) is 7.05 Å². The van der Waals surface area contributed by atoms with Crippen molar-refractivity contribution in [3.8, 4) is 11.4 Å². The molecule has 0 saturated carbocycles. The van der Waals surface area contributed by atoms with Crippen LogP contribution in [-0.4, -0.2) is 67.2 Å². The number of fused-ring (bicyclic) bond motifs is 2. The largest absolute Gasteiger partial charge is 0.375 e. The number of anilines is 4. The highest BCUT2D eigenvalue weighted by molar-refractivity contribution is 6.01. The summed E-state index contributed by atoms with van der Waals surface area (Å²) in [5.74, 6) is 2.75. The summed E-state index contributed by atoms with van der Waals surface area (Å²) in [5.41, 5.74) is 2.70. The van der Waals surface area contributed by atoms with E-state index in [4.69, 9.17) is 14.8 Å². The van der Waals surface area contributed by atoms with E-state index >= 15 is 0 Å². The van der Waals surface area contributed by atoms with Crippen LogP contribution in [0.2, 0.25) is 0 Å². The summed E-state index contributed by atoms with van der Waals surface area (Å²) in [5, 5.41) is 17.4. The number of hydrogen-bond donors (Lipinski definition) is 2. The van der Waals surface area contributed by atoms with Crippen LogP contribution in [0, 0.1) is 0 Å². The lowest BCUT2D eigenvalue weighted by atomic mass is 10.1. The maximum atomic E-state index is 5.68. The normalized spacial score (nSPS) is 16.2. The number of rotatable bonds is 5. The van der Waals surface area contributed by atoms with Crippen LogP contribution in [0.1, 0.15) is 6.92 Å². The molecule has 0 amide bonds. The Hall–Kier alpha value is -4.25. The SMILES string of the molecule is CNc1ncc(-c2nc3ccc(N4CCO[C@@H](C)C4)cn3n2)c2cc(Nc3ccn(C)n3)ncc12. The van der Waals surface area contributed by atoms with Gasteiger partial charge in [-0.2, -0.15) is 5.10 Å². The highest BCUT2D eigenvalue weighted by Crippen LogP contribution is 2.32. The molecule has 0 aliphatic carbocycles. The topological polar surface area (TPSA) is 110 Å². The molecule has 11 nitrogen and oxygen atoms in total. The van der Waals surface area contributed by atoms with Gasteiger partial charge < -0.3 is 20.3 Å². The second kappa shape index (κ2) is 8.51. The lowest BCUT2D eigenvalue weighted by Crippen LogP contribution is -2.41. The number of hydrogen-bond acceptors (Lipinski definition) is 9. The van der Waals surface area contributed by atoms with Crippen molar-refractivity contribution in [1.29, 1.82) is 0 Å². The van der Waals surface area contributed by atoms with E-state index < -0.39 is 0 Å². The fourth-order valence-corrected chi connectivity index (χ4v) is 4.42. The van der Waals surface area contributed by atoms with Gasteiger partial charge in [-0.05, 0) is 25.1 Å². The first kappa shape index (κ1) is 21.3. The molecule has 0 bridgehead atoms. The molecule has 6 heterocycles. The van der Waals surface area contributed by atoms with Gasteiger partial charge in [0.15, 0.2) is 17.3 Å². The molecule has 1 atom stereocenters. The van der Waals surface area contributed by atoms with Gasteiger partial charge in [-0.15, -0.1) is 5.10 Å². The van der Waals surface area contributed by atoms with Gasteiger partial charge in [0.25, 0.3) is 0 Å². The summed E-state index contributed by atoms with van der Waals surface area (Å²) in [4.78, 5) is 16.3. The van der Waals surface area contributed by atoms with Crippen molar-refractivity contribution in [2.45, 2.75) is 13.0 Å². The zero-order valence-electron chi connectivity index (χ0n) is 19.8. The number of pyridine rings is 3. The molecule has 1 aliphatic heterocycles. The number of nitrogens with zero attached hydrogens (tertiary/aromatic N) is 8. The van der Waals surface area contributed by atoms with Gasteiger partial charge in [-0.1, -0.05) is 0 Å². The first-order valence-electron chi connectivity index (χ1n) is 11.5. The Balaban J connectivity index is 1.41. The fourth-order valence-electron chi connectivity index (χ4n) is 4.42. The number of ether oxygens (including phenoxy) is 1. The van der Waals surface area contributed by atoms with Crippen LogP contribution in [0.25, 0.3) is 27.8 Å². The van der Waals surface area contributed by atoms with Crippen LogP contribution in [0.3, 0.4) is 0 Å². The molecule has 5 aromatic heterocycles.